The van der Waals surface area contributed by atoms with E-state index in [2.05, 4.69) is 18.7 Å². The van der Waals surface area contributed by atoms with Gasteiger partial charge in [-0.1, -0.05) is 19.3 Å². The van der Waals surface area contributed by atoms with Gasteiger partial charge in [-0.15, -0.1) is 0 Å². The third-order valence-electron chi connectivity index (χ3n) is 3.45. The summed E-state index contributed by atoms with van der Waals surface area (Å²) in [5.41, 5.74) is 0. The highest BCUT2D eigenvalue weighted by Crippen LogP contribution is 2.25. The average Bonchev–Trinajstić information content (AvgIpc) is 2.17. The fraction of sp³-hybridized carbons (Fsp3) is 1.00. The number of hydrogen-bond acceptors (Lipinski definition) is 2. The molecule has 0 amide bonds. The molecule has 0 aromatic rings. The van der Waals surface area contributed by atoms with Gasteiger partial charge in [0.25, 0.3) is 0 Å². The largest absolute Gasteiger partial charge is 0.392 e. The van der Waals surface area contributed by atoms with Gasteiger partial charge in [0.05, 0.1) is 6.10 Å². The van der Waals surface area contributed by atoms with E-state index in [1.54, 1.807) is 0 Å². The van der Waals surface area contributed by atoms with Gasteiger partial charge in [0.1, 0.15) is 0 Å². The first-order valence-electron chi connectivity index (χ1n) is 6.51. The molecule has 0 radical (unpaired) electrons. The Hall–Kier alpha value is -0.0800. The minimum Gasteiger partial charge on any atom is -0.392 e. The zero-order valence-electron chi connectivity index (χ0n) is 10.6. The van der Waals surface area contributed by atoms with Crippen LogP contribution in [0.4, 0.5) is 0 Å². The minimum absolute atomic E-state index is 0.198. The predicted molar refractivity (Wildman–Crippen MR) is 65.0 cm³/mol. The van der Waals surface area contributed by atoms with Crippen molar-refractivity contribution in [1.82, 2.24) is 4.90 Å². The lowest BCUT2D eigenvalue weighted by molar-refractivity contribution is 0.0888. The summed E-state index contributed by atoms with van der Waals surface area (Å²) < 4.78 is 0. The van der Waals surface area contributed by atoms with E-state index in [1.807, 2.05) is 6.92 Å². The Kier molecular flexibility index (Phi) is 5.62. The van der Waals surface area contributed by atoms with Crippen LogP contribution in [0.2, 0.25) is 0 Å². The predicted octanol–water partition coefficient (Wildman–Crippen LogP) is 2.66. The molecule has 2 heteroatoms. The zero-order valence-corrected chi connectivity index (χ0v) is 10.6. The van der Waals surface area contributed by atoms with Gasteiger partial charge in [-0.05, 0) is 39.5 Å². The standard InChI is InChI=1S/C13H27NO/c1-11(2)14(9-12(3)15)10-13-7-5-4-6-8-13/h11-13,15H,4-10H2,1-3H3. The molecule has 1 fully saturated rings. The molecule has 0 aromatic carbocycles. The summed E-state index contributed by atoms with van der Waals surface area (Å²) >= 11 is 0. The van der Waals surface area contributed by atoms with Gasteiger partial charge < -0.3 is 5.11 Å². The molecule has 1 aliphatic carbocycles. The van der Waals surface area contributed by atoms with Gasteiger partial charge in [-0.25, -0.2) is 0 Å². The van der Waals surface area contributed by atoms with E-state index in [4.69, 9.17) is 0 Å². The second-order valence-corrected chi connectivity index (χ2v) is 5.40. The Morgan fingerprint density at radius 1 is 1.13 bits per heavy atom. The average molecular weight is 213 g/mol. The van der Waals surface area contributed by atoms with E-state index in [0.29, 0.717) is 6.04 Å². The molecule has 1 aliphatic rings. The maximum atomic E-state index is 9.46. The third-order valence-corrected chi connectivity index (χ3v) is 3.45. The van der Waals surface area contributed by atoms with Crippen molar-refractivity contribution >= 4 is 0 Å². The smallest absolute Gasteiger partial charge is 0.0639 e. The van der Waals surface area contributed by atoms with Crippen LogP contribution in [0.1, 0.15) is 52.9 Å². The van der Waals surface area contributed by atoms with Crippen molar-refractivity contribution in [2.45, 2.75) is 65.0 Å². The third kappa shape index (κ3) is 4.98. The van der Waals surface area contributed by atoms with Gasteiger partial charge in [0.2, 0.25) is 0 Å². The second kappa shape index (κ2) is 6.49. The van der Waals surface area contributed by atoms with Crippen molar-refractivity contribution in [2.24, 2.45) is 5.92 Å². The maximum Gasteiger partial charge on any atom is 0.0639 e. The number of rotatable bonds is 5. The second-order valence-electron chi connectivity index (χ2n) is 5.40. The first kappa shape index (κ1) is 13.0. The summed E-state index contributed by atoms with van der Waals surface area (Å²) in [4.78, 5) is 2.43. The molecular formula is C13H27NO. The number of aliphatic hydroxyl groups excluding tert-OH is 1. The molecule has 90 valence electrons. The lowest BCUT2D eigenvalue weighted by Crippen LogP contribution is -2.40. The van der Waals surface area contributed by atoms with Gasteiger partial charge in [-0.2, -0.15) is 0 Å². The monoisotopic (exact) mass is 213 g/mol. The summed E-state index contributed by atoms with van der Waals surface area (Å²) in [5, 5.41) is 9.46. The summed E-state index contributed by atoms with van der Waals surface area (Å²) in [6.45, 7) is 8.35. The van der Waals surface area contributed by atoms with Crippen LogP contribution in [0.25, 0.3) is 0 Å². The van der Waals surface area contributed by atoms with Crippen molar-refractivity contribution in [1.29, 1.82) is 0 Å². The van der Waals surface area contributed by atoms with E-state index < -0.39 is 0 Å². The molecule has 1 unspecified atom stereocenters. The van der Waals surface area contributed by atoms with E-state index in [1.165, 1.54) is 38.6 Å². The highest BCUT2D eigenvalue weighted by Gasteiger charge is 2.19. The van der Waals surface area contributed by atoms with Crippen LogP contribution in [0, 0.1) is 5.92 Å². The zero-order chi connectivity index (χ0) is 11.3. The number of hydrogen-bond donors (Lipinski definition) is 1. The van der Waals surface area contributed by atoms with Gasteiger partial charge in [0, 0.05) is 19.1 Å². The van der Waals surface area contributed by atoms with Crippen LogP contribution in [0.3, 0.4) is 0 Å². The van der Waals surface area contributed by atoms with E-state index >= 15 is 0 Å². The topological polar surface area (TPSA) is 23.5 Å². The Morgan fingerprint density at radius 3 is 2.20 bits per heavy atom. The first-order chi connectivity index (χ1) is 7.09. The molecule has 0 aliphatic heterocycles. The fourth-order valence-electron chi connectivity index (χ4n) is 2.54. The van der Waals surface area contributed by atoms with Crippen LogP contribution in [-0.2, 0) is 0 Å². The van der Waals surface area contributed by atoms with E-state index in [0.717, 1.165) is 12.5 Å². The molecule has 0 bridgehead atoms. The lowest BCUT2D eigenvalue weighted by atomic mass is 9.88. The normalized spacial score (nSPS) is 21.2. The van der Waals surface area contributed by atoms with Crippen LogP contribution < -0.4 is 0 Å². The molecule has 2 nitrogen and oxygen atoms in total. The summed E-state index contributed by atoms with van der Waals surface area (Å²) in [6, 6.07) is 0.557. The molecule has 1 rings (SSSR count). The van der Waals surface area contributed by atoms with Crippen molar-refractivity contribution in [2.75, 3.05) is 13.1 Å². The molecule has 1 saturated carbocycles. The summed E-state index contributed by atoms with van der Waals surface area (Å²) in [7, 11) is 0. The first-order valence-corrected chi connectivity index (χ1v) is 6.51. The minimum atomic E-state index is -0.198. The molecule has 0 aromatic heterocycles. The molecule has 15 heavy (non-hydrogen) atoms. The number of aliphatic hydroxyl groups is 1. The van der Waals surface area contributed by atoms with Gasteiger partial charge >= 0.3 is 0 Å². The van der Waals surface area contributed by atoms with Crippen molar-refractivity contribution in [3.05, 3.63) is 0 Å². The molecule has 0 saturated heterocycles. The Bertz CT molecular complexity index is 162. The van der Waals surface area contributed by atoms with E-state index in [-0.39, 0.29) is 6.10 Å². The summed E-state index contributed by atoms with van der Waals surface area (Å²) in [6.07, 6.45) is 6.83. The van der Waals surface area contributed by atoms with Gasteiger partial charge in [-0.3, -0.25) is 4.90 Å². The van der Waals surface area contributed by atoms with Gasteiger partial charge in [0.15, 0.2) is 0 Å². The Labute approximate surface area is 94.7 Å². The highest BCUT2D eigenvalue weighted by atomic mass is 16.3. The van der Waals surface area contributed by atoms with Crippen LogP contribution in [0.5, 0.6) is 0 Å². The molecule has 0 spiro atoms. The highest BCUT2D eigenvalue weighted by molar-refractivity contribution is 4.73. The Morgan fingerprint density at radius 2 is 1.73 bits per heavy atom. The maximum absolute atomic E-state index is 9.46. The molecular weight excluding hydrogens is 186 g/mol. The quantitative estimate of drug-likeness (QED) is 0.759. The SMILES string of the molecule is CC(O)CN(CC1CCCCC1)C(C)C. The van der Waals surface area contributed by atoms with Crippen molar-refractivity contribution in [3.8, 4) is 0 Å². The lowest BCUT2D eigenvalue weighted by Gasteiger charge is -2.33. The summed E-state index contributed by atoms with van der Waals surface area (Å²) in [5.74, 6) is 0.875. The van der Waals surface area contributed by atoms with Crippen LogP contribution in [-0.4, -0.2) is 35.2 Å². The number of nitrogens with zero attached hydrogens (tertiary/aromatic N) is 1. The van der Waals surface area contributed by atoms with Crippen LogP contribution >= 0.6 is 0 Å². The fourth-order valence-corrected chi connectivity index (χ4v) is 2.54. The Balaban J connectivity index is 2.35. The van der Waals surface area contributed by atoms with Crippen LogP contribution in [0.15, 0.2) is 0 Å². The van der Waals surface area contributed by atoms with E-state index in [9.17, 15) is 5.11 Å². The van der Waals surface area contributed by atoms with Crippen molar-refractivity contribution < 1.29 is 5.11 Å². The van der Waals surface area contributed by atoms with Crippen molar-refractivity contribution in [3.63, 3.8) is 0 Å². The molecule has 1 atom stereocenters. The molecule has 0 heterocycles. The molecule has 1 N–H and O–H groups in total.